The summed E-state index contributed by atoms with van der Waals surface area (Å²) in [6.45, 7) is 2.71. The second kappa shape index (κ2) is 6.20. The Morgan fingerprint density at radius 2 is 2.29 bits per heavy atom. The summed E-state index contributed by atoms with van der Waals surface area (Å²) in [6.07, 6.45) is 3.54. The molecule has 3 nitrogen and oxygen atoms in total. The summed E-state index contributed by atoms with van der Waals surface area (Å²) in [5.41, 5.74) is 1.72. The number of thiophene rings is 1. The number of hydrogen-bond acceptors (Lipinski definition) is 3. The number of aromatic amines is 1. The van der Waals surface area contributed by atoms with E-state index in [1.807, 2.05) is 36.6 Å². The standard InChI is InChI=1S/C16H16FN3S/c1-11(16-18-6-7-19-16)20-10-12-4-5-14(17)13(9-12)15-3-2-8-21-15/h2-9,11,20H,10H2,1H3,(H,18,19). The molecule has 3 rings (SSSR count). The van der Waals surface area contributed by atoms with Crippen LogP contribution in [0.1, 0.15) is 24.4 Å². The Balaban J connectivity index is 1.73. The van der Waals surface area contributed by atoms with Crippen LogP contribution in [-0.2, 0) is 6.54 Å². The minimum Gasteiger partial charge on any atom is -0.347 e. The van der Waals surface area contributed by atoms with Crippen LogP contribution in [0.5, 0.6) is 0 Å². The predicted molar refractivity (Wildman–Crippen MR) is 83.6 cm³/mol. The van der Waals surface area contributed by atoms with Crippen molar-refractivity contribution in [3.63, 3.8) is 0 Å². The molecule has 5 heteroatoms. The highest BCUT2D eigenvalue weighted by Gasteiger charge is 2.10. The van der Waals surface area contributed by atoms with Crippen molar-refractivity contribution in [2.24, 2.45) is 0 Å². The summed E-state index contributed by atoms with van der Waals surface area (Å²) in [6, 6.07) is 9.24. The van der Waals surface area contributed by atoms with E-state index in [0.717, 1.165) is 16.3 Å². The molecule has 0 aliphatic rings. The zero-order valence-electron chi connectivity index (χ0n) is 11.6. The second-order valence-electron chi connectivity index (χ2n) is 4.87. The lowest BCUT2D eigenvalue weighted by Crippen LogP contribution is -2.19. The van der Waals surface area contributed by atoms with Gasteiger partial charge in [0.1, 0.15) is 11.6 Å². The van der Waals surface area contributed by atoms with Gasteiger partial charge in [-0.1, -0.05) is 12.1 Å². The summed E-state index contributed by atoms with van der Waals surface area (Å²) in [5.74, 6) is 0.718. The summed E-state index contributed by atoms with van der Waals surface area (Å²) >= 11 is 1.55. The molecule has 0 aliphatic heterocycles. The molecule has 2 N–H and O–H groups in total. The number of imidazole rings is 1. The lowest BCUT2D eigenvalue weighted by Gasteiger charge is -2.12. The van der Waals surface area contributed by atoms with Crippen molar-refractivity contribution in [1.29, 1.82) is 0 Å². The molecule has 0 saturated carbocycles. The highest BCUT2D eigenvalue weighted by atomic mass is 32.1. The van der Waals surface area contributed by atoms with E-state index in [1.165, 1.54) is 6.07 Å². The fourth-order valence-electron chi connectivity index (χ4n) is 2.18. The molecule has 1 unspecified atom stereocenters. The van der Waals surface area contributed by atoms with Gasteiger partial charge in [0.05, 0.1) is 6.04 Å². The predicted octanol–water partition coefficient (Wildman–Crippen LogP) is 4.13. The van der Waals surface area contributed by atoms with Gasteiger partial charge in [-0.2, -0.15) is 0 Å². The topological polar surface area (TPSA) is 40.7 Å². The Bertz CT molecular complexity index is 692. The first-order chi connectivity index (χ1) is 10.2. The fourth-order valence-corrected chi connectivity index (χ4v) is 2.93. The maximum Gasteiger partial charge on any atom is 0.131 e. The lowest BCUT2D eigenvalue weighted by molar-refractivity contribution is 0.550. The number of rotatable bonds is 5. The summed E-state index contributed by atoms with van der Waals surface area (Å²) in [7, 11) is 0. The Morgan fingerprint density at radius 1 is 1.38 bits per heavy atom. The van der Waals surface area contributed by atoms with Gasteiger partial charge in [0.25, 0.3) is 0 Å². The lowest BCUT2D eigenvalue weighted by atomic mass is 10.1. The Kier molecular flexibility index (Phi) is 4.13. The third-order valence-corrected chi connectivity index (χ3v) is 4.26. The van der Waals surface area contributed by atoms with Gasteiger partial charge in [-0.3, -0.25) is 0 Å². The van der Waals surface area contributed by atoms with Gasteiger partial charge >= 0.3 is 0 Å². The summed E-state index contributed by atoms with van der Waals surface area (Å²) < 4.78 is 13.9. The van der Waals surface area contributed by atoms with Gasteiger partial charge in [0.2, 0.25) is 0 Å². The number of nitrogens with one attached hydrogen (secondary N) is 2. The molecular formula is C16H16FN3S. The molecule has 0 fully saturated rings. The summed E-state index contributed by atoms with van der Waals surface area (Å²) in [5, 5.41) is 5.34. The highest BCUT2D eigenvalue weighted by molar-refractivity contribution is 7.13. The first-order valence-electron chi connectivity index (χ1n) is 6.79. The molecule has 1 aromatic carbocycles. The summed E-state index contributed by atoms with van der Waals surface area (Å²) in [4.78, 5) is 8.26. The Labute approximate surface area is 126 Å². The van der Waals surface area contributed by atoms with Gasteiger partial charge in [0.15, 0.2) is 0 Å². The Hall–Kier alpha value is -1.98. The minimum atomic E-state index is -0.180. The molecule has 0 spiro atoms. The minimum absolute atomic E-state index is 0.121. The highest BCUT2D eigenvalue weighted by Crippen LogP contribution is 2.28. The average Bonchev–Trinajstić information content (AvgIpc) is 3.19. The molecule has 1 atom stereocenters. The zero-order valence-corrected chi connectivity index (χ0v) is 12.5. The van der Waals surface area contributed by atoms with E-state index in [-0.39, 0.29) is 11.9 Å². The smallest absolute Gasteiger partial charge is 0.131 e. The van der Waals surface area contributed by atoms with E-state index in [1.54, 1.807) is 23.7 Å². The number of halogens is 1. The first kappa shape index (κ1) is 14.0. The van der Waals surface area contributed by atoms with Crippen LogP contribution in [0.4, 0.5) is 4.39 Å². The van der Waals surface area contributed by atoms with Gasteiger partial charge in [-0.15, -0.1) is 11.3 Å². The number of aromatic nitrogens is 2. The van der Waals surface area contributed by atoms with Gasteiger partial charge in [-0.25, -0.2) is 9.37 Å². The van der Waals surface area contributed by atoms with Crippen molar-refractivity contribution in [3.05, 3.63) is 65.3 Å². The number of benzene rings is 1. The van der Waals surface area contributed by atoms with Crippen LogP contribution in [0.3, 0.4) is 0 Å². The molecule has 0 bridgehead atoms. The molecular weight excluding hydrogens is 285 g/mol. The fraction of sp³-hybridized carbons (Fsp3) is 0.188. The SMILES string of the molecule is CC(NCc1ccc(F)c(-c2cccs2)c1)c1ncc[nH]1. The molecule has 21 heavy (non-hydrogen) atoms. The van der Waals surface area contributed by atoms with Gasteiger partial charge in [-0.05, 0) is 36.1 Å². The van der Waals surface area contributed by atoms with E-state index >= 15 is 0 Å². The number of hydrogen-bond donors (Lipinski definition) is 2. The number of H-pyrrole nitrogens is 1. The van der Waals surface area contributed by atoms with E-state index in [2.05, 4.69) is 15.3 Å². The molecule has 0 saturated heterocycles. The Morgan fingerprint density at radius 3 is 3.00 bits per heavy atom. The second-order valence-corrected chi connectivity index (χ2v) is 5.82. The van der Waals surface area contributed by atoms with E-state index in [4.69, 9.17) is 0 Å². The molecule has 2 heterocycles. The monoisotopic (exact) mass is 301 g/mol. The van der Waals surface area contributed by atoms with Crippen molar-refractivity contribution in [1.82, 2.24) is 15.3 Å². The molecule has 0 amide bonds. The largest absolute Gasteiger partial charge is 0.347 e. The van der Waals surface area contributed by atoms with Crippen molar-refractivity contribution in [2.75, 3.05) is 0 Å². The normalized spacial score (nSPS) is 12.5. The van der Waals surface area contributed by atoms with Crippen LogP contribution >= 0.6 is 11.3 Å². The number of nitrogens with zero attached hydrogens (tertiary/aromatic N) is 1. The molecule has 0 aliphatic carbocycles. The van der Waals surface area contributed by atoms with Crippen LogP contribution in [0, 0.1) is 5.82 Å². The first-order valence-corrected chi connectivity index (χ1v) is 7.67. The van der Waals surface area contributed by atoms with Gasteiger partial charge in [0, 0.05) is 29.4 Å². The molecule has 3 aromatic rings. The molecule has 2 aromatic heterocycles. The van der Waals surface area contributed by atoms with Crippen LogP contribution in [0.2, 0.25) is 0 Å². The van der Waals surface area contributed by atoms with Crippen LogP contribution in [-0.4, -0.2) is 9.97 Å². The van der Waals surface area contributed by atoms with Crippen LogP contribution in [0.25, 0.3) is 10.4 Å². The van der Waals surface area contributed by atoms with Crippen molar-refractivity contribution >= 4 is 11.3 Å². The van der Waals surface area contributed by atoms with Crippen molar-refractivity contribution in [2.45, 2.75) is 19.5 Å². The van der Waals surface area contributed by atoms with Crippen molar-refractivity contribution in [3.8, 4) is 10.4 Å². The third kappa shape index (κ3) is 3.20. The third-order valence-electron chi connectivity index (χ3n) is 3.36. The van der Waals surface area contributed by atoms with Crippen LogP contribution < -0.4 is 5.32 Å². The van der Waals surface area contributed by atoms with E-state index in [0.29, 0.717) is 12.1 Å². The van der Waals surface area contributed by atoms with Crippen molar-refractivity contribution < 1.29 is 4.39 Å². The van der Waals surface area contributed by atoms with Crippen LogP contribution in [0.15, 0.2) is 48.1 Å². The molecule has 108 valence electrons. The zero-order chi connectivity index (χ0) is 14.7. The maximum absolute atomic E-state index is 13.9. The van der Waals surface area contributed by atoms with E-state index < -0.39 is 0 Å². The maximum atomic E-state index is 13.9. The quantitative estimate of drug-likeness (QED) is 0.744. The van der Waals surface area contributed by atoms with Gasteiger partial charge < -0.3 is 10.3 Å². The average molecular weight is 301 g/mol. The molecule has 0 radical (unpaired) electrons. The van der Waals surface area contributed by atoms with E-state index in [9.17, 15) is 4.39 Å².